The minimum atomic E-state index is -0.772. The zero-order valence-electron chi connectivity index (χ0n) is 13.4. The summed E-state index contributed by atoms with van der Waals surface area (Å²) in [5.41, 5.74) is 4.98. The van der Waals surface area contributed by atoms with E-state index in [0.717, 1.165) is 6.42 Å². The third-order valence-electron chi connectivity index (χ3n) is 2.71. The van der Waals surface area contributed by atoms with Gasteiger partial charge in [0.25, 0.3) is 5.91 Å². The highest BCUT2D eigenvalue weighted by molar-refractivity contribution is 6.32. The molecular weight excluding hydrogens is 340 g/mol. The van der Waals surface area contributed by atoms with Crippen LogP contribution >= 0.6 is 11.6 Å². The Bertz CT molecular complexity index is 620. The molecule has 0 spiro atoms. The van der Waals surface area contributed by atoms with Crippen molar-refractivity contribution in [1.82, 2.24) is 5.32 Å². The van der Waals surface area contributed by atoms with Crippen LogP contribution in [0, 0.1) is 0 Å². The van der Waals surface area contributed by atoms with Gasteiger partial charge in [0.1, 0.15) is 0 Å². The molecule has 0 aromatic heterocycles. The van der Waals surface area contributed by atoms with E-state index in [2.05, 4.69) is 5.32 Å². The molecule has 1 aromatic carbocycles. The highest BCUT2D eigenvalue weighted by Gasteiger charge is 2.17. The second-order valence-corrected chi connectivity index (χ2v) is 5.06. The van der Waals surface area contributed by atoms with E-state index in [1.54, 1.807) is 0 Å². The predicted octanol–water partition coefficient (Wildman–Crippen LogP) is 0.896. The normalized spacial score (nSPS) is 9.96. The van der Waals surface area contributed by atoms with E-state index in [1.165, 1.54) is 19.2 Å². The number of hydrogen-bond donors (Lipinski definition) is 2. The number of nitrogens with one attached hydrogen (secondary N) is 1. The van der Waals surface area contributed by atoms with Gasteiger partial charge < -0.3 is 25.3 Å². The lowest BCUT2D eigenvalue weighted by Crippen LogP contribution is -2.35. The number of nitrogens with two attached hydrogens (primary N) is 1. The fourth-order valence-corrected chi connectivity index (χ4v) is 1.90. The van der Waals surface area contributed by atoms with Gasteiger partial charge in [-0.05, 0) is 18.6 Å². The van der Waals surface area contributed by atoms with Crippen LogP contribution in [-0.2, 0) is 14.3 Å². The molecule has 0 atom stereocenters. The topological polar surface area (TPSA) is 117 Å². The molecule has 0 bridgehead atoms. The zero-order chi connectivity index (χ0) is 18.1. The second kappa shape index (κ2) is 9.61. The van der Waals surface area contributed by atoms with Gasteiger partial charge in [0.2, 0.25) is 5.91 Å². The van der Waals surface area contributed by atoms with Crippen LogP contribution in [0.4, 0.5) is 0 Å². The molecule has 8 nitrogen and oxygen atoms in total. The van der Waals surface area contributed by atoms with Gasteiger partial charge in [0.15, 0.2) is 18.1 Å². The van der Waals surface area contributed by atoms with Crippen LogP contribution in [0.2, 0.25) is 5.02 Å². The summed E-state index contributed by atoms with van der Waals surface area (Å²) in [5, 5.41) is 2.38. The number of amides is 2. The highest BCUT2D eigenvalue weighted by Crippen LogP contribution is 2.36. The molecule has 1 rings (SSSR count). The van der Waals surface area contributed by atoms with Crippen molar-refractivity contribution in [2.45, 2.75) is 13.3 Å². The first kappa shape index (κ1) is 19.6. The Kier molecular flexibility index (Phi) is 7.84. The maximum absolute atomic E-state index is 12.0. The second-order valence-electron chi connectivity index (χ2n) is 4.66. The van der Waals surface area contributed by atoms with Crippen LogP contribution < -0.4 is 20.5 Å². The van der Waals surface area contributed by atoms with E-state index in [1.807, 2.05) is 6.92 Å². The van der Waals surface area contributed by atoms with Gasteiger partial charge in [-0.15, -0.1) is 0 Å². The van der Waals surface area contributed by atoms with Crippen LogP contribution in [0.5, 0.6) is 11.5 Å². The summed E-state index contributed by atoms with van der Waals surface area (Å²) in [6.45, 7) is 1.49. The van der Waals surface area contributed by atoms with Gasteiger partial charge >= 0.3 is 5.97 Å². The third-order valence-corrected chi connectivity index (χ3v) is 2.99. The fourth-order valence-electron chi connectivity index (χ4n) is 1.63. The van der Waals surface area contributed by atoms with Crippen LogP contribution in [-0.4, -0.2) is 44.7 Å². The van der Waals surface area contributed by atoms with E-state index in [-0.39, 0.29) is 22.9 Å². The SMILES string of the molecule is CCCOc1c(Cl)cc(C(=O)OCC(=O)NCC(N)=O)cc1OC. The van der Waals surface area contributed by atoms with Crippen LogP contribution in [0.3, 0.4) is 0 Å². The first-order chi connectivity index (χ1) is 11.4. The number of methoxy groups -OCH3 is 1. The summed E-state index contributed by atoms with van der Waals surface area (Å²) >= 11 is 6.10. The fraction of sp³-hybridized carbons (Fsp3) is 0.400. The minimum Gasteiger partial charge on any atom is -0.493 e. The Labute approximate surface area is 144 Å². The first-order valence-electron chi connectivity index (χ1n) is 7.11. The molecule has 9 heteroatoms. The number of halogens is 1. The van der Waals surface area contributed by atoms with Crippen molar-refractivity contribution in [3.8, 4) is 11.5 Å². The lowest BCUT2D eigenvalue weighted by atomic mass is 10.2. The molecule has 0 unspecified atom stereocenters. The molecule has 0 heterocycles. The molecule has 0 saturated heterocycles. The molecule has 132 valence electrons. The number of rotatable bonds is 9. The van der Waals surface area contributed by atoms with Gasteiger partial charge in [-0.1, -0.05) is 18.5 Å². The molecule has 0 radical (unpaired) electrons. The van der Waals surface area contributed by atoms with Crippen LogP contribution in [0.1, 0.15) is 23.7 Å². The van der Waals surface area contributed by atoms with Gasteiger partial charge in [0.05, 0.1) is 30.8 Å². The molecule has 0 saturated carbocycles. The summed E-state index contributed by atoms with van der Waals surface area (Å²) in [7, 11) is 1.41. The molecule has 3 N–H and O–H groups in total. The Hall–Kier alpha value is -2.48. The molecular formula is C15H19ClN2O6. The van der Waals surface area contributed by atoms with Crippen molar-refractivity contribution < 1.29 is 28.6 Å². The lowest BCUT2D eigenvalue weighted by Gasteiger charge is -2.13. The maximum Gasteiger partial charge on any atom is 0.338 e. The van der Waals surface area contributed by atoms with Gasteiger partial charge in [-0.3, -0.25) is 9.59 Å². The summed E-state index contributed by atoms with van der Waals surface area (Å²) in [5.74, 6) is -1.51. The summed E-state index contributed by atoms with van der Waals surface area (Å²) in [6, 6.07) is 2.76. The minimum absolute atomic E-state index is 0.100. The van der Waals surface area contributed by atoms with Crippen molar-refractivity contribution in [1.29, 1.82) is 0 Å². The standard InChI is InChI=1S/C15H19ClN2O6/c1-3-4-23-14-10(16)5-9(6-11(14)22-2)15(21)24-8-13(20)18-7-12(17)19/h5-6H,3-4,7-8H2,1-2H3,(H2,17,19)(H,18,20). The Morgan fingerprint density at radius 3 is 2.58 bits per heavy atom. The molecule has 1 aromatic rings. The largest absolute Gasteiger partial charge is 0.493 e. The first-order valence-corrected chi connectivity index (χ1v) is 7.49. The van der Waals surface area contributed by atoms with E-state index in [9.17, 15) is 14.4 Å². The predicted molar refractivity (Wildman–Crippen MR) is 86.3 cm³/mol. The number of benzene rings is 1. The smallest absolute Gasteiger partial charge is 0.338 e. The maximum atomic E-state index is 12.0. The Morgan fingerprint density at radius 1 is 1.29 bits per heavy atom. The summed E-state index contributed by atoms with van der Waals surface area (Å²) in [4.78, 5) is 33.9. The summed E-state index contributed by atoms with van der Waals surface area (Å²) in [6.07, 6.45) is 0.781. The van der Waals surface area contributed by atoms with Gasteiger partial charge in [-0.25, -0.2) is 4.79 Å². The molecule has 2 amide bonds. The van der Waals surface area contributed by atoms with Crippen molar-refractivity contribution in [2.24, 2.45) is 5.73 Å². The van der Waals surface area contributed by atoms with E-state index < -0.39 is 24.4 Å². The molecule has 0 aliphatic rings. The third kappa shape index (κ3) is 5.96. The number of carbonyl (C=O) groups excluding carboxylic acids is 3. The summed E-state index contributed by atoms with van der Waals surface area (Å²) < 4.78 is 15.5. The van der Waals surface area contributed by atoms with Gasteiger partial charge in [-0.2, -0.15) is 0 Å². The van der Waals surface area contributed by atoms with Crippen molar-refractivity contribution >= 4 is 29.4 Å². The van der Waals surface area contributed by atoms with E-state index in [4.69, 9.17) is 31.5 Å². The Morgan fingerprint density at radius 2 is 2.00 bits per heavy atom. The zero-order valence-corrected chi connectivity index (χ0v) is 14.1. The quantitative estimate of drug-likeness (QED) is 0.633. The average Bonchev–Trinajstić information content (AvgIpc) is 2.55. The molecule has 0 aliphatic carbocycles. The van der Waals surface area contributed by atoms with E-state index >= 15 is 0 Å². The van der Waals surface area contributed by atoms with Gasteiger partial charge in [0, 0.05) is 0 Å². The number of ether oxygens (including phenoxy) is 3. The van der Waals surface area contributed by atoms with Crippen molar-refractivity contribution in [2.75, 3.05) is 26.9 Å². The molecule has 0 fully saturated rings. The number of primary amides is 1. The lowest BCUT2D eigenvalue weighted by molar-refractivity contribution is -0.127. The molecule has 24 heavy (non-hydrogen) atoms. The van der Waals surface area contributed by atoms with Crippen LogP contribution in [0.25, 0.3) is 0 Å². The Balaban J connectivity index is 2.75. The highest BCUT2D eigenvalue weighted by atomic mass is 35.5. The number of hydrogen-bond acceptors (Lipinski definition) is 6. The van der Waals surface area contributed by atoms with Crippen molar-refractivity contribution in [3.63, 3.8) is 0 Å². The monoisotopic (exact) mass is 358 g/mol. The molecule has 0 aliphatic heterocycles. The number of carbonyl (C=O) groups is 3. The number of esters is 1. The average molecular weight is 359 g/mol. The van der Waals surface area contributed by atoms with E-state index in [0.29, 0.717) is 12.4 Å². The van der Waals surface area contributed by atoms with Crippen LogP contribution in [0.15, 0.2) is 12.1 Å². The van der Waals surface area contributed by atoms with Crippen molar-refractivity contribution in [3.05, 3.63) is 22.7 Å².